The topological polar surface area (TPSA) is 100 Å². The fraction of sp³-hybridized carbons (Fsp3) is 0.467. The van der Waals surface area contributed by atoms with E-state index in [1.165, 1.54) is 16.5 Å². The first-order valence-corrected chi connectivity index (χ1v) is 7.38. The second kappa shape index (κ2) is 6.73. The van der Waals surface area contributed by atoms with Crippen LogP contribution >= 0.6 is 0 Å². The highest BCUT2D eigenvalue weighted by atomic mass is 16.5. The van der Waals surface area contributed by atoms with Crippen molar-refractivity contribution in [1.82, 2.24) is 19.6 Å². The van der Waals surface area contributed by atoms with Crippen molar-refractivity contribution in [3.8, 4) is 5.88 Å². The predicted octanol–water partition coefficient (Wildman–Crippen LogP) is 1.29. The van der Waals surface area contributed by atoms with Crippen LogP contribution in [0.15, 0.2) is 6.07 Å². The highest BCUT2D eigenvalue weighted by molar-refractivity contribution is 6.07. The van der Waals surface area contributed by atoms with Crippen molar-refractivity contribution in [2.45, 2.75) is 26.9 Å². The summed E-state index contributed by atoms with van der Waals surface area (Å²) in [7, 11) is 4.61. The highest BCUT2D eigenvalue weighted by Gasteiger charge is 2.24. The molecule has 2 aromatic rings. The van der Waals surface area contributed by atoms with Crippen LogP contribution in [-0.4, -0.2) is 44.7 Å². The summed E-state index contributed by atoms with van der Waals surface area (Å²) in [5, 5.41) is 10.9. The van der Waals surface area contributed by atoms with Crippen molar-refractivity contribution in [3.05, 3.63) is 23.1 Å². The molecule has 1 amide bonds. The van der Waals surface area contributed by atoms with Gasteiger partial charge in [-0.1, -0.05) is 0 Å². The largest absolute Gasteiger partial charge is 0.475 e. The van der Waals surface area contributed by atoms with E-state index in [0.717, 1.165) is 0 Å². The minimum atomic E-state index is -0.626. The van der Waals surface area contributed by atoms with Crippen LogP contribution in [0.3, 0.4) is 0 Å². The van der Waals surface area contributed by atoms with Crippen molar-refractivity contribution < 1.29 is 19.1 Å². The Morgan fingerprint density at radius 3 is 2.46 bits per heavy atom. The molecule has 0 fully saturated rings. The van der Waals surface area contributed by atoms with E-state index in [1.807, 2.05) is 13.8 Å². The first-order valence-electron chi connectivity index (χ1n) is 7.38. The number of rotatable bonds is 5. The van der Waals surface area contributed by atoms with Gasteiger partial charge in [-0.25, -0.2) is 9.48 Å². The van der Waals surface area contributed by atoms with Gasteiger partial charge in [0.2, 0.25) is 5.88 Å². The summed E-state index contributed by atoms with van der Waals surface area (Å²) in [5.74, 6) is -0.615. The van der Waals surface area contributed by atoms with Crippen LogP contribution in [0.5, 0.6) is 5.88 Å². The first kappa shape index (κ1) is 17.5. The number of amides is 1. The summed E-state index contributed by atoms with van der Waals surface area (Å²) in [5.41, 5.74) is 1.14. The van der Waals surface area contributed by atoms with Crippen LogP contribution in [0.4, 0.5) is 5.69 Å². The van der Waals surface area contributed by atoms with Crippen molar-refractivity contribution in [2.24, 2.45) is 14.1 Å². The number of anilines is 1. The molecule has 1 N–H and O–H groups in total. The fourth-order valence-corrected chi connectivity index (χ4v) is 2.09. The zero-order valence-electron chi connectivity index (χ0n) is 14.6. The number of nitrogens with zero attached hydrogens (tertiary/aromatic N) is 4. The van der Waals surface area contributed by atoms with Crippen molar-refractivity contribution >= 4 is 17.6 Å². The average Bonchev–Trinajstić information content (AvgIpc) is 3.01. The van der Waals surface area contributed by atoms with Crippen molar-refractivity contribution in [3.63, 3.8) is 0 Å². The molecule has 24 heavy (non-hydrogen) atoms. The summed E-state index contributed by atoms with van der Waals surface area (Å²) in [6.45, 7) is 5.50. The summed E-state index contributed by atoms with van der Waals surface area (Å²) < 4.78 is 13.2. The smallest absolute Gasteiger partial charge is 0.360 e. The Labute approximate surface area is 139 Å². The first-order chi connectivity index (χ1) is 11.2. The molecular formula is C15H21N5O4. The standard InChI is InChI=1S/C15H21N5O4/c1-8(2)24-11-7-10(17-20(11)5)14(21)16-12-9(3)19(4)18-13(12)15(22)23-6/h7-8H,1-6H3,(H,16,21). The zero-order valence-corrected chi connectivity index (χ0v) is 14.6. The molecule has 2 aromatic heterocycles. The van der Waals surface area contributed by atoms with E-state index in [0.29, 0.717) is 17.3 Å². The Morgan fingerprint density at radius 1 is 1.21 bits per heavy atom. The van der Waals surface area contributed by atoms with Gasteiger partial charge < -0.3 is 14.8 Å². The van der Waals surface area contributed by atoms with Gasteiger partial charge in [-0.2, -0.15) is 10.2 Å². The summed E-state index contributed by atoms with van der Waals surface area (Å²) in [6, 6.07) is 1.54. The molecule has 2 heterocycles. The molecule has 2 rings (SSSR count). The molecule has 9 nitrogen and oxygen atoms in total. The number of aryl methyl sites for hydroxylation is 2. The van der Waals surface area contributed by atoms with Gasteiger partial charge in [-0.05, 0) is 20.8 Å². The van der Waals surface area contributed by atoms with Crippen LogP contribution in [0, 0.1) is 6.92 Å². The molecule has 0 radical (unpaired) electrons. The second-order valence-corrected chi connectivity index (χ2v) is 5.54. The number of hydrogen-bond acceptors (Lipinski definition) is 6. The lowest BCUT2D eigenvalue weighted by atomic mass is 10.2. The van der Waals surface area contributed by atoms with Gasteiger partial charge >= 0.3 is 5.97 Å². The lowest BCUT2D eigenvalue weighted by Crippen LogP contribution is -2.16. The Hall–Kier alpha value is -2.84. The number of esters is 1. The number of hydrogen-bond donors (Lipinski definition) is 1. The number of aromatic nitrogens is 4. The van der Waals surface area contributed by atoms with Crippen LogP contribution in [0.1, 0.15) is 40.5 Å². The predicted molar refractivity (Wildman–Crippen MR) is 86.2 cm³/mol. The fourth-order valence-electron chi connectivity index (χ4n) is 2.09. The van der Waals surface area contributed by atoms with Gasteiger partial charge in [0.25, 0.3) is 5.91 Å². The maximum Gasteiger partial charge on any atom is 0.360 e. The van der Waals surface area contributed by atoms with Crippen LogP contribution in [0.2, 0.25) is 0 Å². The molecule has 0 aliphatic rings. The van der Waals surface area contributed by atoms with E-state index in [1.54, 1.807) is 27.1 Å². The van der Waals surface area contributed by atoms with Crippen molar-refractivity contribution in [1.29, 1.82) is 0 Å². The third kappa shape index (κ3) is 3.39. The quantitative estimate of drug-likeness (QED) is 0.826. The molecule has 0 saturated carbocycles. The van der Waals surface area contributed by atoms with Crippen LogP contribution < -0.4 is 10.1 Å². The van der Waals surface area contributed by atoms with E-state index in [9.17, 15) is 9.59 Å². The van der Waals surface area contributed by atoms with Crippen LogP contribution in [-0.2, 0) is 18.8 Å². The van der Waals surface area contributed by atoms with E-state index < -0.39 is 11.9 Å². The van der Waals surface area contributed by atoms with Gasteiger partial charge in [-0.3, -0.25) is 9.48 Å². The molecule has 0 spiro atoms. The molecule has 0 aliphatic carbocycles. The lowest BCUT2D eigenvalue weighted by molar-refractivity contribution is 0.0594. The normalized spacial score (nSPS) is 10.8. The Bertz CT molecular complexity index is 775. The zero-order chi connectivity index (χ0) is 18.0. The molecule has 0 atom stereocenters. The van der Waals surface area contributed by atoms with Gasteiger partial charge in [0, 0.05) is 20.2 Å². The monoisotopic (exact) mass is 335 g/mol. The van der Waals surface area contributed by atoms with E-state index in [2.05, 4.69) is 15.5 Å². The van der Waals surface area contributed by atoms with Gasteiger partial charge in [0.1, 0.15) is 0 Å². The minimum absolute atomic E-state index is 0.0391. The van der Waals surface area contributed by atoms with E-state index >= 15 is 0 Å². The van der Waals surface area contributed by atoms with E-state index in [4.69, 9.17) is 9.47 Å². The van der Waals surface area contributed by atoms with Gasteiger partial charge in [-0.15, -0.1) is 0 Å². The Kier molecular flexibility index (Phi) is 4.91. The number of methoxy groups -OCH3 is 1. The summed E-state index contributed by atoms with van der Waals surface area (Å²) in [4.78, 5) is 24.3. The second-order valence-electron chi connectivity index (χ2n) is 5.54. The van der Waals surface area contributed by atoms with Gasteiger partial charge in [0.05, 0.1) is 24.6 Å². The number of ether oxygens (including phenoxy) is 2. The molecule has 0 aromatic carbocycles. The Morgan fingerprint density at radius 2 is 1.88 bits per heavy atom. The van der Waals surface area contributed by atoms with Crippen LogP contribution in [0.25, 0.3) is 0 Å². The minimum Gasteiger partial charge on any atom is -0.475 e. The maximum atomic E-state index is 12.5. The van der Waals surface area contributed by atoms with Gasteiger partial charge in [0.15, 0.2) is 11.4 Å². The summed E-state index contributed by atoms with van der Waals surface area (Å²) in [6.07, 6.45) is -0.0391. The molecular weight excluding hydrogens is 314 g/mol. The molecule has 130 valence electrons. The molecule has 0 aliphatic heterocycles. The number of nitrogens with one attached hydrogen (secondary N) is 1. The number of carbonyl (C=O) groups is 2. The lowest BCUT2D eigenvalue weighted by Gasteiger charge is -2.07. The van der Waals surface area contributed by atoms with Crippen molar-refractivity contribution in [2.75, 3.05) is 12.4 Å². The molecule has 9 heteroatoms. The summed E-state index contributed by atoms with van der Waals surface area (Å²) >= 11 is 0. The third-order valence-electron chi connectivity index (χ3n) is 3.38. The maximum absolute atomic E-state index is 12.5. The van der Waals surface area contributed by atoms with E-state index in [-0.39, 0.29) is 17.5 Å². The average molecular weight is 335 g/mol. The molecule has 0 bridgehead atoms. The highest BCUT2D eigenvalue weighted by Crippen LogP contribution is 2.22. The SMILES string of the molecule is COC(=O)c1nn(C)c(C)c1NC(=O)c1cc(OC(C)C)n(C)n1. The molecule has 0 saturated heterocycles. The Balaban J connectivity index is 2.29. The third-order valence-corrected chi connectivity index (χ3v) is 3.38. The molecule has 0 unspecified atom stereocenters. The number of carbonyl (C=O) groups excluding carboxylic acids is 2.